The van der Waals surface area contributed by atoms with Crippen LogP contribution in [0.3, 0.4) is 0 Å². The fraction of sp³-hybridized carbons (Fsp3) is 0.375. The molecule has 0 saturated carbocycles. The maximum absolute atomic E-state index is 11.3. The van der Waals surface area contributed by atoms with Crippen molar-refractivity contribution in [3.05, 3.63) is 36.4 Å². The Labute approximate surface area is 114 Å². The monoisotopic (exact) mass is 257 g/mol. The van der Waals surface area contributed by atoms with Gasteiger partial charge in [0.2, 0.25) is 0 Å². The largest absolute Gasteiger partial charge is 0.497 e. The highest BCUT2D eigenvalue weighted by Gasteiger charge is 2.35. The molecule has 19 heavy (non-hydrogen) atoms. The van der Waals surface area contributed by atoms with Crippen LogP contribution in [-0.2, 0) is 10.2 Å². The third-order valence-electron chi connectivity index (χ3n) is 3.62. The molecule has 2 rings (SSSR count). The Morgan fingerprint density at radius 1 is 1.53 bits per heavy atom. The number of aliphatic imine (C=N–C) groups is 1. The number of nitrogens with zero attached hydrogens (tertiary/aromatic N) is 1. The number of rotatable bonds is 6. The molecule has 0 aliphatic carbocycles. The van der Waals surface area contributed by atoms with Gasteiger partial charge in [-0.15, -0.1) is 6.58 Å². The molecule has 0 aromatic heterocycles. The molecule has 3 heteroatoms. The molecule has 3 nitrogen and oxygen atoms in total. The SMILES string of the molecule is C=CC[C@]1(CCC(C)=O)C=Nc2cc(OC)ccc21. The van der Waals surface area contributed by atoms with Crippen molar-refractivity contribution in [2.24, 2.45) is 4.99 Å². The summed E-state index contributed by atoms with van der Waals surface area (Å²) in [5, 5.41) is 0. The van der Waals surface area contributed by atoms with Crippen LogP contribution < -0.4 is 4.74 Å². The molecule has 1 atom stereocenters. The molecule has 0 saturated heterocycles. The Bertz CT molecular complexity index is 534. The van der Waals surface area contributed by atoms with Gasteiger partial charge in [-0.05, 0) is 31.4 Å². The van der Waals surface area contributed by atoms with Gasteiger partial charge in [-0.25, -0.2) is 0 Å². The Morgan fingerprint density at radius 3 is 2.95 bits per heavy atom. The van der Waals surface area contributed by atoms with E-state index in [0.717, 1.165) is 29.8 Å². The maximum Gasteiger partial charge on any atom is 0.129 e. The van der Waals surface area contributed by atoms with E-state index in [1.165, 1.54) is 0 Å². The van der Waals surface area contributed by atoms with E-state index < -0.39 is 0 Å². The fourth-order valence-corrected chi connectivity index (χ4v) is 2.55. The van der Waals surface area contributed by atoms with Gasteiger partial charge in [0.25, 0.3) is 0 Å². The average molecular weight is 257 g/mol. The van der Waals surface area contributed by atoms with E-state index in [1.807, 2.05) is 30.5 Å². The van der Waals surface area contributed by atoms with Gasteiger partial charge in [0.15, 0.2) is 0 Å². The first-order chi connectivity index (χ1) is 9.11. The van der Waals surface area contributed by atoms with Gasteiger partial charge in [-0.1, -0.05) is 12.1 Å². The molecular formula is C16H19NO2. The number of carbonyl (C=O) groups excluding carboxylic acids is 1. The highest BCUT2D eigenvalue weighted by Crippen LogP contribution is 2.44. The second kappa shape index (κ2) is 5.39. The first-order valence-electron chi connectivity index (χ1n) is 6.45. The molecule has 1 aliphatic rings. The second-order valence-electron chi connectivity index (χ2n) is 4.99. The summed E-state index contributed by atoms with van der Waals surface area (Å²) in [6, 6.07) is 5.92. The molecule has 1 aliphatic heterocycles. The zero-order valence-corrected chi connectivity index (χ0v) is 11.5. The lowest BCUT2D eigenvalue weighted by Gasteiger charge is -2.26. The number of carbonyl (C=O) groups is 1. The van der Waals surface area contributed by atoms with Gasteiger partial charge < -0.3 is 9.53 Å². The van der Waals surface area contributed by atoms with Crippen LogP contribution in [0.5, 0.6) is 5.75 Å². The molecule has 1 heterocycles. The second-order valence-corrected chi connectivity index (χ2v) is 4.99. The molecular weight excluding hydrogens is 238 g/mol. The minimum Gasteiger partial charge on any atom is -0.497 e. The highest BCUT2D eigenvalue weighted by atomic mass is 16.5. The van der Waals surface area contributed by atoms with Crippen LogP contribution in [0.15, 0.2) is 35.8 Å². The summed E-state index contributed by atoms with van der Waals surface area (Å²) in [6.45, 7) is 5.46. The van der Waals surface area contributed by atoms with Crippen molar-refractivity contribution < 1.29 is 9.53 Å². The lowest BCUT2D eigenvalue weighted by atomic mass is 9.75. The predicted octanol–water partition coefficient (Wildman–Crippen LogP) is 3.59. The molecule has 0 unspecified atom stereocenters. The quantitative estimate of drug-likeness (QED) is 0.730. The molecule has 1 aromatic rings. The van der Waals surface area contributed by atoms with Gasteiger partial charge >= 0.3 is 0 Å². The van der Waals surface area contributed by atoms with E-state index in [-0.39, 0.29) is 11.2 Å². The minimum absolute atomic E-state index is 0.185. The van der Waals surface area contributed by atoms with Crippen molar-refractivity contribution >= 4 is 17.7 Å². The number of fused-ring (bicyclic) bond motifs is 1. The first-order valence-corrected chi connectivity index (χ1v) is 6.45. The van der Waals surface area contributed by atoms with Crippen molar-refractivity contribution in [1.29, 1.82) is 0 Å². The van der Waals surface area contributed by atoms with Gasteiger partial charge in [-0.3, -0.25) is 4.99 Å². The zero-order chi connectivity index (χ0) is 13.9. The van der Waals surface area contributed by atoms with Crippen LogP contribution in [-0.4, -0.2) is 19.1 Å². The molecule has 0 spiro atoms. The number of benzene rings is 1. The van der Waals surface area contributed by atoms with E-state index in [4.69, 9.17) is 4.74 Å². The number of methoxy groups -OCH3 is 1. The third kappa shape index (κ3) is 2.60. The zero-order valence-electron chi connectivity index (χ0n) is 11.5. The van der Waals surface area contributed by atoms with Gasteiger partial charge in [0.1, 0.15) is 11.5 Å². The molecule has 1 aromatic carbocycles. The highest BCUT2D eigenvalue weighted by molar-refractivity contribution is 5.87. The number of allylic oxidation sites excluding steroid dienone is 1. The Hall–Kier alpha value is -1.90. The number of ketones is 1. The lowest BCUT2D eigenvalue weighted by molar-refractivity contribution is -0.117. The first kappa shape index (κ1) is 13.5. The number of hydrogen-bond donors (Lipinski definition) is 0. The summed E-state index contributed by atoms with van der Waals surface area (Å²) in [5.41, 5.74) is 1.91. The van der Waals surface area contributed by atoms with Crippen molar-refractivity contribution in [3.8, 4) is 5.75 Å². The van der Waals surface area contributed by atoms with E-state index >= 15 is 0 Å². The Morgan fingerprint density at radius 2 is 2.32 bits per heavy atom. The van der Waals surface area contributed by atoms with Crippen molar-refractivity contribution in [3.63, 3.8) is 0 Å². The Kier molecular flexibility index (Phi) is 3.84. The Balaban J connectivity index is 2.36. The van der Waals surface area contributed by atoms with Crippen molar-refractivity contribution in [2.45, 2.75) is 31.6 Å². The minimum atomic E-state index is -0.185. The summed E-state index contributed by atoms with van der Waals surface area (Å²) in [4.78, 5) is 15.8. The van der Waals surface area contributed by atoms with E-state index in [2.05, 4.69) is 11.6 Å². The summed E-state index contributed by atoms with van der Waals surface area (Å²) >= 11 is 0. The summed E-state index contributed by atoms with van der Waals surface area (Å²) in [7, 11) is 1.65. The van der Waals surface area contributed by atoms with Gasteiger partial charge in [0, 0.05) is 24.1 Å². The number of Topliss-reactive ketones (excluding diaryl/α,β-unsaturated/α-hetero) is 1. The predicted molar refractivity (Wildman–Crippen MR) is 77.6 cm³/mol. The fourth-order valence-electron chi connectivity index (χ4n) is 2.55. The van der Waals surface area contributed by atoms with Crippen LogP contribution in [0.4, 0.5) is 5.69 Å². The molecule has 0 amide bonds. The average Bonchev–Trinajstić information content (AvgIpc) is 2.76. The van der Waals surface area contributed by atoms with Crippen LogP contribution in [0.1, 0.15) is 31.7 Å². The third-order valence-corrected chi connectivity index (χ3v) is 3.62. The van der Waals surface area contributed by atoms with Gasteiger partial charge in [-0.2, -0.15) is 0 Å². The number of ether oxygens (including phenoxy) is 1. The molecule has 0 N–H and O–H groups in total. The van der Waals surface area contributed by atoms with E-state index in [9.17, 15) is 4.79 Å². The summed E-state index contributed by atoms with van der Waals surface area (Å²) < 4.78 is 5.22. The van der Waals surface area contributed by atoms with E-state index in [1.54, 1.807) is 14.0 Å². The molecule has 0 radical (unpaired) electrons. The number of hydrogen-bond acceptors (Lipinski definition) is 3. The van der Waals surface area contributed by atoms with Crippen molar-refractivity contribution in [1.82, 2.24) is 0 Å². The normalized spacial score (nSPS) is 20.1. The van der Waals surface area contributed by atoms with Crippen LogP contribution in [0, 0.1) is 0 Å². The van der Waals surface area contributed by atoms with Gasteiger partial charge in [0.05, 0.1) is 12.8 Å². The molecule has 0 bridgehead atoms. The van der Waals surface area contributed by atoms with E-state index in [0.29, 0.717) is 6.42 Å². The standard InChI is InChI=1S/C16H19NO2/c1-4-8-16(9-7-12(2)18)11-17-15-10-13(19-3)5-6-14(15)16/h4-6,10-11H,1,7-9H2,2-3H3/t16-/m0/s1. The van der Waals surface area contributed by atoms with Crippen LogP contribution in [0.25, 0.3) is 0 Å². The topological polar surface area (TPSA) is 38.7 Å². The maximum atomic E-state index is 11.3. The molecule has 100 valence electrons. The molecule has 0 fully saturated rings. The van der Waals surface area contributed by atoms with Crippen LogP contribution >= 0.6 is 0 Å². The summed E-state index contributed by atoms with van der Waals surface area (Å²) in [6.07, 6.45) is 5.98. The lowest BCUT2D eigenvalue weighted by Crippen LogP contribution is -2.25. The smallest absolute Gasteiger partial charge is 0.129 e. The summed E-state index contributed by atoms with van der Waals surface area (Å²) in [5.74, 6) is 1.01. The van der Waals surface area contributed by atoms with Crippen molar-refractivity contribution in [2.75, 3.05) is 7.11 Å². The van der Waals surface area contributed by atoms with Crippen LogP contribution in [0.2, 0.25) is 0 Å².